The van der Waals surface area contributed by atoms with Gasteiger partial charge in [-0.25, -0.2) is 14.5 Å². The minimum absolute atomic E-state index is 0.274. The first kappa shape index (κ1) is 19.9. The van der Waals surface area contributed by atoms with Crippen LogP contribution in [0.5, 0.6) is 17.6 Å². The lowest BCUT2D eigenvalue weighted by molar-refractivity contribution is 0.244. The van der Waals surface area contributed by atoms with E-state index in [-0.39, 0.29) is 6.01 Å². The van der Waals surface area contributed by atoms with E-state index in [2.05, 4.69) is 20.4 Å². The van der Waals surface area contributed by atoms with Crippen LogP contribution < -0.4 is 25.3 Å². The molecule has 2 amide bonds. The van der Waals surface area contributed by atoms with Gasteiger partial charge < -0.3 is 25.3 Å². The van der Waals surface area contributed by atoms with Gasteiger partial charge in [0.05, 0.1) is 32.1 Å². The maximum Gasteiger partial charge on any atom is 0.336 e. The van der Waals surface area contributed by atoms with Gasteiger partial charge in [0.15, 0.2) is 5.82 Å². The molecule has 3 N–H and O–H groups in total. The Kier molecular flexibility index (Phi) is 6.46. The van der Waals surface area contributed by atoms with Gasteiger partial charge in [-0.2, -0.15) is 4.98 Å². The molecule has 0 aliphatic carbocycles. The van der Waals surface area contributed by atoms with Gasteiger partial charge in [0.1, 0.15) is 12.4 Å². The quantitative estimate of drug-likeness (QED) is 0.526. The molecule has 0 saturated carbocycles. The van der Waals surface area contributed by atoms with E-state index in [1.165, 1.54) is 0 Å². The van der Waals surface area contributed by atoms with Gasteiger partial charge in [-0.05, 0) is 37.3 Å². The Morgan fingerprint density at radius 3 is 2.59 bits per heavy atom. The van der Waals surface area contributed by atoms with Gasteiger partial charge in [0.2, 0.25) is 5.88 Å². The summed E-state index contributed by atoms with van der Waals surface area (Å²) in [7, 11) is 1.56. The number of pyridine rings is 1. The molecule has 152 valence electrons. The third-order valence-corrected chi connectivity index (χ3v) is 3.82. The summed E-state index contributed by atoms with van der Waals surface area (Å²) < 4.78 is 17.8. The number of methoxy groups -OCH3 is 1. The predicted molar refractivity (Wildman–Crippen MR) is 105 cm³/mol. The van der Waals surface area contributed by atoms with Crippen LogP contribution in [-0.2, 0) is 0 Å². The molecule has 0 unspecified atom stereocenters. The zero-order valence-corrected chi connectivity index (χ0v) is 16.2. The van der Waals surface area contributed by atoms with E-state index in [9.17, 15) is 4.79 Å². The Labute approximate surface area is 167 Å². The summed E-state index contributed by atoms with van der Waals surface area (Å²) >= 11 is 0. The normalized spacial score (nSPS) is 10.4. The highest BCUT2D eigenvalue weighted by molar-refractivity contribution is 5.71. The Hall–Kier alpha value is -3.82. The number of amides is 2. The van der Waals surface area contributed by atoms with Crippen molar-refractivity contribution >= 4 is 6.03 Å². The first-order chi connectivity index (χ1) is 14.1. The van der Waals surface area contributed by atoms with Crippen molar-refractivity contribution < 1.29 is 19.0 Å². The standard InChI is InChI=1S/C19H22N6O4/c1-3-28-19-23-17(25(24-19)14-6-9-16(27-2)22-12-14)13-4-7-15(8-5-13)29-11-10-21-18(20)26/h4-9,12H,3,10-11H2,1-2H3,(H3,20,21,26). The van der Waals surface area contributed by atoms with Crippen LogP contribution in [0.4, 0.5) is 4.79 Å². The first-order valence-corrected chi connectivity index (χ1v) is 8.97. The number of benzene rings is 1. The molecular formula is C19H22N6O4. The smallest absolute Gasteiger partial charge is 0.336 e. The number of carbonyl (C=O) groups is 1. The van der Waals surface area contributed by atoms with E-state index in [0.717, 1.165) is 11.3 Å². The molecule has 1 aromatic carbocycles. The molecular weight excluding hydrogens is 376 g/mol. The molecule has 3 rings (SSSR count). The summed E-state index contributed by atoms with van der Waals surface area (Å²) in [6, 6.07) is 10.6. The lowest BCUT2D eigenvalue weighted by Gasteiger charge is -2.08. The Balaban J connectivity index is 1.82. The van der Waals surface area contributed by atoms with Crippen LogP contribution in [-0.4, -0.2) is 52.6 Å². The molecule has 0 fully saturated rings. The van der Waals surface area contributed by atoms with Gasteiger partial charge in [0, 0.05) is 11.6 Å². The zero-order chi connectivity index (χ0) is 20.6. The number of nitrogens with two attached hydrogens (primary N) is 1. The molecule has 3 aromatic rings. The molecule has 10 nitrogen and oxygen atoms in total. The van der Waals surface area contributed by atoms with Gasteiger partial charge in [-0.15, -0.1) is 5.10 Å². The van der Waals surface area contributed by atoms with Crippen LogP contribution in [0.3, 0.4) is 0 Å². The van der Waals surface area contributed by atoms with Gasteiger partial charge in [-0.1, -0.05) is 0 Å². The summed E-state index contributed by atoms with van der Waals surface area (Å²) in [4.78, 5) is 19.4. The van der Waals surface area contributed by atoms with E-state index in [1.54, 1.807) is 24.1 Å². The Morgan fingerprint density at radius 1 is 1.17 bits per heavy atom. The van der Waals surface area contributed by atoms with Crippen LogP contribution in [0.25, 0.3) is 17.1 Å². The van der Waals surface area contributed by atoms with Crippen molar-refractivity contribution in [1.82, 2.24) is 25.1 Å². The molecule has 0 saturated heterocycles. The van der Waals surface area contributed by atoms with Gasteiger partial charge in [0.25, 0.3) is 0 Å². The van der Waals surface area contributed by atoms with E-state index < -0.39 is 6.03 Å². The highest BCUT2D eigenvalue weighted by atomic mass is 16.5. The van der Waals surface area contributed by atoms with Crippen molar-refractivity contribution in [2.45, 2.75) is 6.92 Å². The maximum atomic E-state index is 10.7. The van der Waals surface area contributed by atoms with E-state index in [0.29, 0.717) is 37.2 Å². The number of primary amides is 1. The number of carbonyl (C=O) groups excluding carboxylic acids is 1. The molecule has 0 spiro atoms. The van der Waals surface area contributed by atoms with Gasteiger partial charge >= 0.3 is 12.0 Å². The maximum absolute atomic E-state index is 10.7. The van der Waals surface area contributed by atoms with Crippen molar-refractivity contribution in [2.24, 2.45) is 5.73 Å². The van der Waals surface area contributed by atoms with Crippen LogP contribution in [0.2, 0.25) is 0 Å². The van der Waals surface area contributed by atoms with Crippen LogP contribution >= 0.6 is 0 Å². The van der Waals surface area contributed by atoms with E-state index >= 15 is 0 Å². The number of nitrogens with zero attached hydrogens (tertiary/aromatic N) is 4. The number of hydrogen-bond donors (Lipinski definition) is 2. The number of nitrogens with one attached hydrogen (secondary N) is 1. The van der Waals surface area contributed by atoms with Crippen molar-refractivity contribution in [3.8, 4) is 34.7 Å². The second-order valence-electron chi connectivity index (χ2n) is 5.79. The number of ether oxygens (including phenoxy) is 3. The summed E-state index contributed by atoms with van der Waals surface area (Å²) in [5.74, 6) is 1.76. The fraction of sp³-hybridized carbons (Fsp3) is 0.263. The molecule has 0 aliphatic heterocycles. The summed E-state index contributed by atoms with van der Waals surface area (Å²) in [5.41, 5.74) is 6.56. The second kappa shape index (κ2) is 9.40. The third kappa shape index (κ3) is 5.12. The Bertz CT molecular complexity index is 940. The lowest BCUT2D eigenvalue weighted by Crippen LogP contribution is -2.32. The summed E-state index contributed by atoms with van der Waals surface area (Å²) in [6.07, 6.45) is 1.65. The molecule has 10 heteroatoms. The van der Waals surface area contributed by atoms with Gasteiger partial charge in [-0.3, -0.25) is 0 Å². The molecule has 2 heterocycles. The lowest BCUT2D eigenvalue weighted by atomic mass is 10.2. The first-order valence-electron chi connectivity index (χ1n) is 8.97. The van der Waals surface area contributed by atoms with Crippen LogP contribution in [0, 0.1) is 0 Å². The topological polar surface area (TPSA) is 126 Å². The second-order valence-corrected chi connectivity index (χ2v) is 5.79. The average molecular weight is 398 g/mol. The molecule has 2 aromatic heterocycles. The molecule has 0 radical (unpaired) electrons. The summed E-state index contributed by atoms with van der Waals surface area (Å²) in [6.45, 7) is 2.96. The largest absolute Gasteiger partial charge is 0.492 e. The SMILES string of the molecule is CCOc1nc(-c2ccc(OCCNC(N)=O)cc2)n(-c2ccc(OC)nc2)n1. The number of aromatic nitrogens is 4. The zero-order valence-electron chi connectivity index (χ0n) is 16.2. The van der Waals surface area contributed by atoms with Crippen molar-refractivity contribution in [1.29, 1.82) is 0 Å². The highest BCUT2D eigenvalue weighted by Gasteiger charge is 2.15. The van der Waals surface area contributed by atoms with Crippen molar-refractivity contribution in [3.63, 3.8) is 0 Å². The fourth-order valence-corrected chi connectivity index (χ4v) is 2.51. The predicted octanol–water partition coefficient (Wildman–Crippen LogP) is 1.78. The highest BCUT2D eigenvalue weighted by Crippen LogP contribution is 2.25. The van der Waals surface area contributed by atoms with E-state index in [1.807, 2.05) is 37.3 Å². The minimum atomic E-state index is -0.582. The van der Waals surface area contributed by atoms with Crippen LogP contribution in [0.15, 0.2) is 42.6 Å². The van der Waals surface area contributed by atoms with Crippen molar-refractivity contribution in [3.05, 3.63) is 42.6 Å². The molecule has 0 bridgehead atoms. The molecule has 29 heavy (non-hydrogen) atoms. The number of hydrogen-bond acceptors (Lipinski definition) is 7. The Morgan fingerprint density at radius 2 is 1.97 bits per heavy atom. The van der Waals surface area contributed by atoms with Crippen LogP contribution in [0.1, 0.15) is 6.92 Å². The molecule has 0 aliphatic rings. The third-order valence-electron chi connectivity index (χ3n) is 3.82. The number of rotatable bonds is 9. The monoisotopic (exact) mass is 398 g/mol. The molecule has 0 atom stereocenters. The average Bonchev–Trinajstić information content (AvgIpc) is 3.16. The summed E-state index contributed by atoms with van der Waals surface area (Å²) in [5, 5.41) is 6.89. The van der Waals surface area contributed by atoms with E-state index in [4.69, 9.17) is 19.9 Å². The number of urea groups is 1. The fourth-order valence-electron chi connectivity index (χ4n) is 2.51. The van der Waals surface area contributed by atoms with Crippen molar-refractivity contribution in [2.75, 3.05) is 26.9 Å². The minimum Gasteiger partial charge on any atom is -0.492 e.